The Morgan fingerprint density at radius 2 is 1.93 bits per heavy atom. The molecule has 76 valence electrons. The molecule has 0 aromatic heterocycles. The number of hydrogen-bond donors (Lipinski definition) is 0. The number of benzene rings is 1. The van der Waals surface area contributed by atoms with Gasteiger partial charge in [0.05, 0.1) is 0 Å². The molecular formula is C13H18O. The Balaban J connectivity index is 2.96. The van der Waals surface area contributed by atoms with Crippen molar-refractivity contribution in [2.45, 2.75) is 40.0 Å². The number of ketones is 1. The Bertz CT molecular complexity index is 339. The quantitative estimate of drug-likeness (QED) is 0.714. The number of hydrogen-bond acceptors (Lipinski definition) is 1. The van der Waals surface area contributed by atoms with Crippen LogP contribution in [0.15, 0.2) is 18.2 Å². The predicted octanol–water partition coefficient (Wildman–Crippen LogP) is 3.39. The molecule has 0 N–H and O–H groups in total. The van der Waals surface area contributed by atoms with Crippen molar-refractivity contribution >= 4 is 5.78 Å². The van der Waals surface area contributed by atoms with Gasteiger partial charge < -0.3 is 0 Å². The second-order valence-electron chi connectivity index (χ2n) is 3.89. The van der Waals surface area contributed by atoms with Crippen molar-refractivity contribution < 1.29 is 4.79 Å². The SMILES string of the molecule is CCC(=O)C(C)c1ccc(C)c(C)c1. The summed E-state index contributed by atoms with van der Waals surface area (Å²) in [6, 6.07) is 6.26. The number of Topliss-reactive ketones (excluding diaryl/α,β-unsaturated/α-hetero) is 1. The van der Waals surface area contributed by atoms with Gasteiger partial charge in [0.1, 0.15) is 5.78 Å². The third-order valence-corrected chi connectivity index (χ3v) is 2.86. The molecule has 0 saturated heterocycles. The van der Waals surface area contributed by atoms with Crippen molar-refractivity contribution in [1.82, 2.24) is 0 Å². The van der Waals surface area contributed by atoms with Crippen LogP contribution in [0.25, 0.3) is 0 Å². The molecule has 0 aliphatic carbocycles. The Morgan fingerprint density at radius 1 is 1.29 bits per heavy atom. The lowest BCUT2D eigenvalue weighted by atomic mass is 9.93. The van der Waals surface area contributed by atoms with E-state index in [1.54, 1.807) is 0 Å². The second kappa shape index (κ2) is 4.41. The van der Waals surface area contributed by atoms with E-state index in [0.717, 1.165) is 5.56 Å². The van der Waals surface area contributed by atoms with Crippen molar-refractivity contribution in [3.05, 3.63) is 34.9 Å². The molecule has 1 aromatic rings. The highest BCUT2D eigenvalue weighted by Gasteiger charge is 2.13. The van der Waals surface area contributed by atoms with Gasteiger partial charge in [-0.3, -0.25) is 4.79 Å². The summed E-state index contributed by atoms with van der Waals surface area (Å²) in [7, 11) is 0. The Morgan fingerprint density at radius 3 is 2.43 bits per heavy atom. The van der Waals surface area contributed by atoms with E-state index in [1.807, 2.05) is 13.8 Å². The zero-order valence-electron chi connectivity index (χ0n) is 9.42. The summed E-state index contributed by atoms with van der Waals surface area (Å²) in [4.78, 5) is 11.5. The van der Waals surface area contributed by atoms with Crippen LogP contribution in [0.1, 0.15) is 42.9 Å². The smallest absolute Gasteiger partial charge is 0.139 e. The lowest BCUT2D eigenvalue weighted by molar-refractivity contribution is -0.119. The van der Waals surface area contributed by atoms with Crippen molar-refractivity contribution in [2.24, 2.45) is 0 Å². The van der Waals surface area contributed by atoms with Gasteiger partial charge in [-0.15, -0.1) is 0 Å². The monoisotopic (exact) mass is 190 g/mol. The van der Waals surface area contributed by atoms with Crippen LogP contribution >= 0.6 is 0 Å². The van der Waals surface area contributed by atoms with Crippen LogP contribution in [0.2, 0.25) is 0 Å². The maximum absolute atomic E-state index is 11.5. The van der Waals surface area contributed by atoms with Gasteiger partial charge in [0, 0.05) is 12.3 Å². The lowest BCUT2D eigenvalue weighted by Gasteiger charge is -2.11. The van der Waals surface area contributed by atoms with E-state index in [9.17, 15) is 4.79 Å². The number of rotatable bonds is 3. The zero-order chi connectivity index (χ0) is 10.7. The Kier molecular flexibility index (Phi) is 3.45. The van der Waals surface area contributed by atoms with Crippen LogP contribution in [0, 0.1) is 13.8 Å². The second-order valence-corrected chi connectivity index (χ2v) is 3.89. The topological polar surface area (TPSA) is 17.1 Å². The Hall–Kier alpha value is -1.11. The molecule has 0 aliphatic heterocycles. The number of aryl methyl sites for hydroxylation is 2. The largest absolute Gasteiger partial charge is 0.299 e. The molecule has 0 amide bonds. The van der Waals surface area contributed by atoms with Gasteiger partial charge in [0.25, 0.3) is 0 Å². The third kappa shape index (κ3) is 2.22. The van der Waals surface area contributed by atoms with Crippen molar-refractivity contribution in [1.29, 1.82) is 0 Å². The average molecular weight is 190 g/mol. The van der Waals surface area contributed by atoms with Crippen LogP contribution in [0.5, 0.6) is 0 Å². The van der Waals surface area contributed by atoms with E-state index >= 15 is 0 Å². The lowest BCUT2D eigenvalue weighted by Crippen LogP contribution is -2.07. The Labute approximate surface area is 86.1 Å². The first-order chi connectivity index (χ1) is 6.56. The van der Waals surface area contributed by atoms with Crippen LogP contribution in [-0.2, 0) is 4.79 Å². The van der Waals surface area contributed by atoms with Gasteiger partial charge in [-0.1, -0.05) is 32.0 Å². The summed E-state index contributed by atoms with van der Waals surface area (Å²) >= 11 is 0. The third-order valence-electron chi connectivity index (χ3n) is 2.86. The molecule has 0 heterocycles. The van der Waals surface area contributed by atoms with Gasteiger partial charge in [-0.05, 0) is 30.5 Å². The molecule has 1 nitrogen and oxygen atoms in total. The van der Waals surface area contributed by atoms with E-state index in [0.29, 0.717) is 12.2 Å². The molecule has 1 rings (SSSR count). The molecule has 1 aromatic carbocycles. The molecule has 1 heteroatoms. The van der Waals surface area contributed by atoms with E-state index in [1.165, 1.54) is 11.1 Å². The summed E-state index contributed by atoms with van der Waals surface area (Å²) < 4.78 is 0. The maximum atomic E-state index is 11.5. The maximum Gasteiger partial charge on any atom is 0.139 e. The first-order valence-electron chi connectivity index (χ1n) is 5.16. The standard InChI is InChI=1S/C13H18O/c1-5-13(14)11(4)12-7-6-9(2)10(3)8-12/h6-8,11H,5H2,1-4H3. The normalized spacial score (nSPS) is 12.6. The molecule has 0 radical (unpaired) electrons. The van der Waals surface area contributed by atoms with E-state index < -0.39 is 0 Å². The van der Waals surface area contributed by atoms with Crippen LogP contribution < -0.4 is 0 Å². The molecule has 14 heavy (non-hydrogen) atoms. The first kappa shape index (κ1) is 11.0. The van der Waals surface area contributed by atoms with Crippen molar-refractivity contribution in [2.75, 3.05) is 0 Å². The molecule has 0 saturated carbocycles. The van der Waals surface area contributed by atoms with Crippen LogP contribution in [0.3, 0.4) is 0 Å². The predicted molar refractivity (Wildman–Crippen MR) is 59.6 cm³/mol. The molecular weight excluding hydrogens is 172 g/mol. The molecule has 1 unspecified atom stereocenters. The summed E-state index contributed by atoms with van der Waals surface area (Å²) in [5.41, 5.74) is 3.68. The average Bonchev–Trinajstić information content (AvgIpc) is 2.20. The minimum Gasteiger partial charge on any atom is -0.299 e. The molecule has 0 bridgehead atoms. The first-order valence-corrected chi connectivity index (χ1v) is 5.16. The highest BCUT2D eigenvalue weighted by atomic mass is 16.1. The van der Waals surface area contributed by atoms with E-state index in [4.69, 9.17) is 0 Å². The van der Waals surface area contributed by atoms with Gasteiger partial charge in [-0.25, -0.2) is 0 Å². The van der Waals surface area contributed by atoms with E-state index in [-0.39, 0.29) is 5.92 Å². The highest BCUT2D eigenvalue weighted by Crippen LogP contribution is 2.20. The molecule has 0 aliphatic rings. The van der Waals surface area contributed by atoms with Crippen LogP contribution in [0.4, 0.5) is 0 Å². The fourth-order valence-electron chi connectivity index (χ4n) is 1.53. The van der Waals surface area contributed by atoms with Gasteiger partial charge in [0.15, 0.2) is 0 Å². The molecule has 1 atom stereocenters. The summed E-state index contributed by atoms with van der Waals surface area (Å²) in [5.74, 6) is 0.354. The van der Waals surface area contributed by atoms with E-state index in [2.05, 4.69) is 32.0 Å². The van der Waals surface area contributed by atoms with Crippen molar-refractivity contribution in [3.63, 3.8) is 0 Å². The minimum absolute atomic E-state index is 0.0410. The minimum atomic E-state index is 0.0410. The molecule has 0 spiro atoms. The molecule has 0 fully saturated rings. The van der Waals surface area contributed by atoms with Gasteiger partial charge in [0.2, 0.25) is 0 Å². The fraction of sp³-hybridized carbons (Fsp3) is 0.462. The number of carbonyl (C=O) groups excluding carboxylic acids is 1. The number of carbonyl (C=O) groups is 1. The van der Waals surface area contributed by atoms with Gasteiger partial charge in [-0.2, -0.15) is 0 Å². The zero-order valence-corrected chi connectivity index (χ0v) is 9.42. The van der Waals surface area contributed by atoms with Crippen molar-refractivity contribution in [3.8, 4) is 0 Å². The highest BCUT2D eigenvalue weighted by molar-refractivity contribution is 5.85. The van der Waals surface area contributed by atoms with Crippen LogP contribution in [-0.4, -0.2) is 5.78 Å². The van der Waals surface area contributed by atoms with Gasteiger partial charge >= 0.3 is 0 Å². The summed E-state index contributed by atoms with van der Waals surface area (Å²) in [6.45, 7) is 8.07. The fourth-order valence-corrected chi connectivity index (χ4v) is 1.53. The summed E-state index contributed by atoms with van der Waals surface area (Å²) in [5, 5.41) is 0. The summed E-state index contributed by atoms with van der Waals surface area (Å²) in [6.07, 6.45) is 0.619.